The van der Waals surface area contributed by atoms with Crippen LogP contribution in [0, 0.1) is 6.92 Å². The van der Waals surface area contributed by atoms with E-state index in [2.05, 4.69) is 163 Å². The summed E-state index contributed by atoms with van der Waals surface area (Å²) in [4.78, 5) is 41.4. The van der Waals surface area contributed by atoms with E-state index in [9.17, 15) is 24.7 Å². The molecule has 0 atom stereocenters. The van der Waals surface area contributed by atoms with E-state index >= 15 is 0 Å². The van der Waals surface area contributed by atoms with Gasteiger partial charge in [-0.05, 0) is 160 Å². The first-order valence-corrected chi connectivity index (χ1v) is 28.0. The van der Waals surface area contributed by atoms with Gasteiger partial charge in [-0.1, -0.05) is 133 Å². The Morgan fingerprint density at radius 1 is 0.727 bits per heavy atom. The summed E-state index contributed by atoms with van der Waals surface area (Å²) in [7, 11) is 2.61. The van der Waals surface area contributed by atoms with Crippen LogP contribution in [0.4, 0.5) is 5.69 Å². The summed E-state index contributed by atoms with van der Waals surface area (Å²) in [5.41, 5.74) is 15.3. The van der Waals surface area contributed by atoms with Crippen molar-refractivity contribution < 1.29 is 24.7 Å². The van der Waals surface area contributed by atoms with Crippen LogP contribution in [0.2, 0.25) is 0 Å². The molecule has 1 fully saturated rings. The van der Waals surface area contributed by atoms with Crippen LogP contribution in [0.15, 0.2) is 168 Å². The summed E-state index contributed by atoms with van der Waals surface area (Å²) in [6.07, 6.45) is 6.42. The van der Waals surface area contributed by atoms with Gasteiger partial charge in [-0.15, -0.1) is 0 Å². The average molecular weight is 1140 g/mol. The summed E-state index contributed by atoms with van der Waals surface area (Å²) in [5, 5.41) is 35.6. The van der Waals surface area contributed by atoms with Crippen molar-refractivity contribution in [3.63, 3.8) is 0 Å². The fourth-order valence-corrected chi connectivity index (χ4v) is 11.5. The minimum Gasteiger partial charge on any atom is -0.449 e. The van der Waals surface area contributed by atoms with Crippen molar-refractivity contribution in [1.29, 1.82) is 0 Å². The quantitative estimate of drug-likeness (QED) is 0.0231. The number of hydrogen-bond acceptors (Lipinski definition) is 9. The van der Waals surface area contributed by atoms with E-state index < -0.39 is 7.12 Å². The summed E-state index contributed by atoms with van der Waals surface area (Å²) in [6, 6.07) is 37.9. The van der Waals surface area contributed by atoms with Gasteiger partial charge < -0.3 is 29.8 Å². The number of benzene rings is 6. The highest BCUT2D eigenvalue weighted by atomic mass is 127. The lowest BCUT2D eigenvalue weighted by Crippen LogP contribution is -2.49. The number of piperazine rings is 1. The molecule has 11 nitrogen and oxygen atoms in total. The Labute approximate surface area is 469 Å². The molecule has 0 unspecified atom stereocenters. The Morgan fingerprint density at radius 3 is 1.97 bits per heavy atom. The standard InChI is InChI=1S/C63H71B2IN6O5/c1-42(2)62(73)71(29-27-66)30-28-67-49-22-25-51(44(5)35-49)61(52-26-23-50(36-45(52)6)70-31-33-72(34-32-70)63(74)43(3)4)46-21-24-55-56(37-46)58(41-69(8)39-48-16-10-14-20-60(48)65(76)77)54-18-12-11-17-53(54)57(55)40-68(7)38-47-15-9-13-19-59(47)64-75/h9-26,35-37,64,75-77H,1,3,27-34,38-41H2,2,4-8H3/b61-51-,67-49+. The van der Waals surface area contributed by atoms with Gasteiger partial charge in [0.2, 0.25) is 11.8 Å². The minimum absolute atomic E-state index is 0.00803. The third-order valence-electron chi connectivity index (χ3n) is 14.8. The lowest BCUT2D eigenvalue weighted by atomic mass is 9.77. The maximum absolute atomic E-state index is 12.9. The van der Waals surface area contributed by atoms with Crippen molar-refractivity contribution in [3.05, 3.63) is 202 Å². The topological polar surface area (TPSA) is 123 Å². The first-order valence-electron chi connectivity index (χ1n) is 26.5. The predicted molar refractivity (Wildman–Crippen MR) is 330 cm³/mol. The van der Waals surface area contributed by atoms with Gasteiger partial charge >= 0.3 is 14.6 Å². The average Bonchev–Trinajstić information content (AvgIpc) is 3.45. The molecule has 1 aliphatic heterocycles. The molecule has 0 radical (unpaired) electrons. The van der Waals surface area contributed by atoms with Gasteiger partial charge in [-0.25, -0.2) is 0 Å². The van der Waals surface area contributed by atoms with Crippen molar-refractivity contribution in [2.24, 2.45) is 4.99 Å². The van der Waals surface area contributed by atoms with E-state index in [4.69, 9.17) is 4.99 Å². The number of allylic oxidation sites excluding steroid dienone is 5. The van der Waals surface area contributed by atoms with Gasteiger partial charge in [0.25, 0.3) is 0 Å². The molecule has 6 aromatic rings. The van der Waals surface area contributed by atoms with E-state index in [0.717, 1.165) is 95.1 Å². The van der Waals surface area contributed by atoms with Crippen LogP contribution in [0.3, 0.4) is 0 Å². The van der Waals surface area contributed by atoms with Gasteiger partial charge in [0.15, 0.2) is 0 Å². The zero-order valence-corrected chi connectivity index (χ0v) is 47.7. The molecule has 0 bridgehead atoms. The fourth-order valence-electron chi connectivity index (χ4n) is 10.9. The Balaban J connectivity index is 1.27. The number of carbonyl (C=O) groups excluding carboxylic acids is 2. The smallest absolute Gasteiger partial charge is 0.449 e. The van der Waals surface area contributed by atoms with Gasteiger partial charge in [0.05, 0.1) is 12.3 Å². The number of fused-ring (bicyclic) bond motifs is 2. The third-order valence-corrected chi connectivity index (χ3v) is 15.3. The second-order valence-electron chi connectivity index (χ2n) is 20.7. The molecule has 14 heteroatoms. The predicted octanol–water partition coefficient (Wildman–Crippen LogP) is 8.04. The van der Waals surface area contributed by atoms with Crippen LogP contribution in [-0.2, 0) is 35.8 Å². The molecule has 1 heterocycles. The number of hydrogen-bond donors (Lipinski definition) is 3. The number of rotatable bonds is 20. The molecule has 0 saturated carbocycles. The molecule has 6 aromatic carbocycles. The zero-order chi connectivity index (χ0) is 54.9. The lowest BCUT2D eigenvalue weighted by molar-refractivity contribution is -0.127. The number of amides is 2. The Bertz CT molecular complexity index is 3340. The summed E-state index contributed by atoms with van der Waals surface area (Å²) >= 11 is 2.30. The van der Waals surface area contributed by atoms with Crippen LogP contribution in [0.5, 0.6) is 0 Å². The second-order valence-corrected chi connectivity index (χ2v) is 21.8. The molecule has 396 valence electrons. The normalized spacial score (nSPS) is 14.9. The molecule has 2 aliphatic rings. The van der Waals surface area contributed by atoms with Crippen molar-refractivity contribution in [1.82, 2.24) is 19.6 Å². The lowest BCUT2D eigenvalue weighted by Gasteiger charge is -2.36. The summed E-state index contributed by atoms with van der Waals surface area (Å²) in [5.74, 6) is -0.0362. The Morgan fingerprint density at radius 2 is 1.35 bits per heavy atom. The van der Waals surface area contributed by atoms with E-state index in [1.165, 1.54) is 16.5 Å². The maximum atomic E-state index is 12.9. The summed E-state index contributed by atoms with van der Waals surface area (Å²) < 4.78 is 0.822. The molecule has 1 saturated heterocycles. The van der Waals surface area contributed by atoms with Crippen LogP contribution < -0.4 is 15.8 Å². The van der Waals surface area contributed by atoms with Crippen molar-refractivity contribution in [2.75, 3.05) is 69.2 Å². The summed E-state index contributed by atoms with van der Waals surface area (Å²) in [6.45, 7) is 22.4. The molecule has 8 rings (SSSR count). The number of nitrogens with zero attached hydrogens (tertiary/aromatic N) is 6. The van der Waals surface area contributed by atoms with E-state index in [-0.39, 0.29) is 19.3 Å². The SMILES string of the molecule is C=C(C)C(=O)N(CCI)CC/N=C1C=C/C(=C(\c2ccc3c(CN(C)Cc4ccccc4BO)c4ccccc4c(CN(C)Cc4ccccc4B(O)O)c3c2)c2ccc(N3CCN(C(=O)C(=C)C)CC3)cc2C)C(C)=C\1. The highest BCUT2D eigenvalue weighted by Crippen LogP contribution is 2.41. The maximum Gasteiger partial charge on any atom is 0.488 e. The van der Waals surface area contributed by atoms with Crippen molar-refractivity contribution in [3.8, 4) is 0 Å². The molecule has 77 heavy (non-hydrogen) atoms. The van der Waals surface area contributed by atoms with Crippen LogP contribution in [0.1, 0.15) is 59.7 Å². The monoisotopic (exact) mass is 1140 g/mol. The number of aliphatic imine (C=N–C) groups is 1. The second kappa shape index (κ2) is 25.8. The van der Waals surface area contributed by atoms with E-state index in [1.54, 1.807) is 19.9 Å². The van der Waals surface area contributed by atoms with Crippen LogP contribution >= 0.6 is 22.6 Å². The number of halogens is 1. The zero-order valence-electron chi connectivity index (χ0n) is 45.5. The van der Waals surface area contributed by atoms with Gasteiger partial charge in [0, 0.05) is 86.7 Å². The molecular formula is C63H71B2IN6O5. The number of carbonyl (C=O) groups is 2. The third kappa shape index (κ3) is 13.3. The molecular weight excluding hydrogens is 1070 g/mol. The highest BCUT2D eigenvalue weighted by molar-refractivity contribution is 14.1. The van der Waals surface area contributed by atoms with Crippen LogP contribution in [-0.4, -0.2) is 131 Å². The molecule has 0 aromatic heterocycles. The largest absolute Gasteiger partial charge is 0.488 e. The first kappa shape index (κ1) is 56.8. The van der Waals surface area contributed by atoms with E-state index in [1.807, 2.05) is 46.2 Å². The first-order chi connectivity index (χ1) is 37.1. The molecule has 1 aliphatic carbocycles. The van der Waals surface area contributed by atoms with Crippen molar-refractivity contribution in [2.45, 2.75) is 53.9 Å². The number of alkyl halides is 1. The van der Waals surface area contributed by atoms with Crippen LogP contribution in [0.25, 0.3) is 27.1 Å². The molecule has 0 spiro atoms. The van der Waals surface area contributed by atoms with Gasteiger partial charge in [-0.3, -0.25) is 24.4 Å². The van der Waals surface area contributed by atoms with Crippen molar-refractivity contribution >= 4 is 98.4 Å². The minimum atomic E-state index is -1.59. The number of aryl methyl sites for hydroxylation is 1. The highest BCUT2D eigenvalue weighted by Gasteiger charge is 2.25. The van der Waals surface area contributed by atoms with E-state index in [0.29, 0.717) is 75.5 Å². The van der Waals surface area contributed by atoms with Gasteiger partial charge in [-0.2, -0.15) is 0 Å². The fraction of sp³-hybridized carbons (Fsp3) is 0.286. The molecule has 3 N–H and O–H groups in total. The Kier molecular flexibility index (Phi) is 19.1. The Hall–Kier alpha value is -6.39. The van der Waals surface area contributed by atoms with Gasteiger partial charge in [0.1, 0.15) is 0 Å². The molecule has 2 amide bonds. The number of anilines is 1.